The van der Waals surface area contributed by atoms with E-state index in [4.69, 9.17) is 9.47 Å². The number of aliphatic hydroxyl groups is 1. The zero-order valence-electron chi connectivity index (χ0n) is 18.4. The molecule has 3 rings (SSSR count). The number of carbonyl (C=O) groups is 2. The first-order valence-corrected chi connectivity index (χ1v) is 10.4. The number of benzene rings is 2. The van der Waals surface area contributed by atoms with Crippen LogP contribution < -0.4 is 4.74 Å². The number of amides is 1. The minimum Gasteiger partial charge on any atom is -0.507 e. The number of carbonyl (C=O) groups excluding carboxylic acids is 2. The fourth-order valence-electron chi connectivity index (χ4n) is 3.52. The van der Waals surface area contributed by atoms with Gasteiger partial charge in [0.05, 0.1) is 24.8 Å². The van der Waals surface area contributed by atoms with Crippen molar-refractivity contribution in [2.24, 2.45) is 5.92 Å². The summed E-state index contributed by atoms with van der Waals surface area (Å²) >= 11 is 0. The third-order valence-electron chi connectivity index (χ3n) is 5.18. The van der Waals surface area contributed by atoms with E-state index in [0.29, 0.717) is 23.8 Å². The molecular weight excluding hydrogens is 394 g/mol. The second-order valence-corrected chi connectivity index (χ2v) is 8.13. The normalized spacial score (nSPS) is 18.1. The van der Waals surface area contributed by atoms with Gasteiger partial charge in [-0.25, -0.2) is 0 Å². The zero-order valence-corrected chi connectivity index (χ0v) is 18.4. The number of nitrogens with zero attached hydrogens (tertiary/aromatic N) is 1. The van der Waals surface area contributed by atoms with Crippen LogP contribution in [0.25, 0.3) is 5.76 Å². The van der Waals surface area contributed by atoms with Crippen molar-refractivity contribution in [1.82, 2.24) is 4.90 Å². The van der Waals surface area contributed by atoms with Gasteiger partial charge in [-0.2, -0.15) is 0 Å². The molecule has 164 valence electrons. The lowest BCUT2D eigenvalue weighted by Gasteiger charge is -2.25. The third-order valence-corrected chi connectivity index (χ3v) is 5.18. The van der Waals surface area contributed by atoms with E-state index >= 15 is 0 Å². The lowest BCUT2D eigenvalue weighted by molar-refractivity contribution is -0.140. The smallest absolute Gasteiger partial charge is 0.295 e. The summed E-state index contributed by atoms with van der Waals surface area (Å²) in [6.45, 7) is 7.22. The van der Waals surface area contributed by atoms with Crippen LogP contribution in [-0.4, -0.2) is 48.6 Å². The number of likely N-dealkylation sites (tertiary alicyclic amines) is 1. The molecule has 6 heteroatoms. The van der Waals surface area contributed by atoms with Gasteiger partial charge in [0.15, 0.2) is 0 Å². The number of ether oxygens (including phenoxy) is 2. The molecule has 0 saturated carbocycles. The second-order valence-electron chi connectivity index (χ2n) is 8.13. The van der Waals surface area contributed by atoms with E-state index < -0.39 is 17.7 Å². The van der Waals surface area contributed by atoms with Crippen molar-refractivity contribution in [3.05, 3.63) is 70.8 Å². The van der Waals surface area contributed by atoms with Crippen LogP contribution in [0.4, 0.5) is 0 Å². The number of aliphatic hydroxyl groups excluding tert-OH is 1. The standard InChI is InChI=1S/C25H29NO5/c1-16(2)15-31-20-11-9-19(10-12-20)23(27)21-22(18-7-5-17(3)6-8-18)26(13-14-30-4)25(29)24(21)28/h5-12,16,22,27H,13-15H2,1-4H3/b23-21+. The van der Waals surface area contributed by atoms with Crippen LogP contribution in [0.3, 0.4) is 0 Å². The molecule has 0 radical (unpaired) electrons. The maximum Gasteiger partial charge on any atom is 0.295 e. The molecule has 0 aliphatic carbocycles. The molecule has 1 N–H and O–H groups in total. The molecular formula is C25H29NO5. The summed E-state index contributed by atoms with van der Waals surface area (Å²) in [6, 6.07) is 13.8. The number of aryl methyl sites for hydroxylation is 1. The second kappa shape index (κ2) is 9.79. The molecule has 1 aliphatic heterocycles. The highest BCUT2D eigenvalue weighted by molar-refractivity contribution is 6.46. The summed E-state index contributed by atoms with van der Waals surface area (Å²) in [5, 5.41) is 11.1. The quantitative estimate of drug-likeness (QED) is 0.393. The van der Waals surface area contributed by atoms with Gasteiger partial charge in [0.25, 0.3) is 11.7 Å². The van der Waals surface area contributed by atoms with Crippen LogP contribution in [0.15, 0.2) is 54.1 Å². The molecule has 1 amide bonds. The fourth-order valence-corrected chi connectivity index (χ4v) is 3.52. The first-order chi connectivity index (χ1) is 14.8. The summed E-state index contributed by atoms with van der Waals surface area (Å²) in [5.41, 5.74) is 2.37. The Balaban J connectivity index is 2.02. The van der Waals surface area contributed by atoms with Crippen LogP contribution in [0.2, 0.25) is 0 Å². The summed E-state index contributed by atoms with van der Waals surface area (Å²) in [4.78, 5) is 27.1. The van der Waals surface area contributed by atoms with Crippen molar-refractivity contribution in [1.29, 1.82) is 0 Å². The van der Waals surface area contributed by atoms with E-state index in [2.05, 4.69) is 13.8 Å². The first-order valence-electron chi connectivity index (χ1n) is 10.4. The van der Waals surface area contributed by atoms with Crippen LogP contribution in [0.1, 0.15) is 36.6 Å². The number of rotatable bonds is 8. The van der Waals surface area contributed by atoms with E-state index in [0.717, 1.165) is 11.1 Å². The molecule has 6 nitrogen and oxygen atoms in total. The van der Waals surface area contributed by atoms with Gasteiger partial charge in [0, 0.05) is 19.2 Å². The predicted molar refractivity (Wildman–Crippen MR) is 119 cm³/mol. The van der Waals surface area contributed by atoms with Gasteiger partial charge in [-0.3, -0.25) is 9.59 Å². The highest BCUT2D eigenvalue weighted by Gasteiger charge is 2.45. The minimum atomic E-state index is -0.695. The molecule has 1 unspecified atom stereocenters. The molecule has 2 aromatic rings. The van der Waals surface area contributed by atoms with Crippen molar-refractivity contribution in [2.45, 2.75) is 26.8 Å². The van der Waals surface area contributed by atoms with Gasteiger partial charge in [0.1, 0.15) is 11.5 Å². The highest BCUT2D eigenvalue weighted by atomic mass is 16.5. The van der Waals surface area contributed by atoms with Crippen LogP contribution in [0.5, 0.6) is 5.75 Å². The SMILES string of the molecule is COCCN1C(=O)C(=O)/C(=C(/O)c2ccc(OCC(C)C)cc2)C1c1ccc(C)cc1. The highest BCUT2D eigenvalue weighted by Crippen LogP contribution is 2.39. The Morgan fingerprint density at radius 2 is 1.71 bits per heavy atom. The van der Waals surface area contributed by atoms with Crippen LogP contribution >= 0.6 is 0 Å². The largest absolute Gasteiger partial charge is 0.507 e. The lowest BCUT2D eigenvalue weighted by atomic mass is 9.94. The van der Waals surface area contributed by atoms with Gasteiger partial charge >= 0.3 is 0 Å². The average molecular weight is 424 g/mol. The molecule has 2 aromatic carbocycles. The van der Waals surface area contributed by atoms with Gasteiger partial charge in [-0.05, 0) is 42.7 Å². The molecule has 0 bridgehead atoms. The number of hydrogen-bond donors (Lipinski definition) is 1. The predicted octanol–water partition coefficient (Wildman–Crippen LogP) is 4.10. The monoisotopic (exact) mass is 423 g/mol. The van der Waals surface area contributed by atoms with Gasteiger partial charge in [-0.1, -0.05) is 43.7 Å². The van der Waals surface area contributed by atoms with Crippen LogP contribution in [0, 0.1) is 12.8 Å². The lowest BCUT2D eigenvalue weighted by Crippen LogP contribution is -2.32. The van der Waals surface area contributed by atoms with E-state index in [1.807, 2.05) is 31.2 Å². The molecule has 1 aliphatic rings. The Morgan fingerprint density at radius 1 is 1.06 bits per heavy atom. The fraction of sp³-hybridized carbons (Fsp3) is 0.360. The molecule has 31 heavy (non-hydrogen) atoms. The van der Waals surface area contributed by atoms with Crippen molar-refractivity contribution in [2.75, 3.05) is 26.9 Å². The van der Waals surface area contributed by atoms with Crippen molar-refractivity contribution < 1.29 is 24.2 Å². The Bertz CT molecular complexity index is 960. The van der Waals surface area contributed by atoms with Gasteiger partial charge in [-0.15, -0.1) is 0 Å². The number of hydrogen-bond acceptors (Lipinski definition) is 5. The summed E-state index contributed by atoms with van der Waals surface area (Å²) in [5.74, 6) is -0.453. The molecule has 1 atom stereocenters. The molecule has 1 fully saturated rings. The van der Waals surface area contributed by atoms with Crippen molar-refractivity contribution >= 4 is 17.4 Å². The van der Waals surface area contributed by atoms with Gasteiger partial charge in [0.2, 0.25) is 0 Å². The van der Waals surface area contributed by atoms with E-state index in [-0.39, 0.29) is 24.5 Å². The maximum atomic E-state index is 12.9. The summed E-state index contributed by atoms with van der Waals surface area (Å²) in [6.07, 6.45) is 0. The molecule has 0 aromatic heterocycles. The molecule has 1 heterocycles. The van der Waals surface area contributed by atoms with Crippen LogP contribution in [-0.2, 0) is 14.3 Å². The first kappa shape index (κ1) is 22.6. The Kier molecular flexibility index (Phi) is 7.13. The topological polar surface area (TPSA) is 76.1 Å². The maximum absolute atomic E-state index is 12.9. The number of methoxy groups -OCH3 is 1. The average Bonchev–Trinajstić information content (AvgIpc) is 3.01. The van der Waals surface area contributed by atoms with E-state index in [1.54, 1.807) is 31.4 Å². The van der Waals surface area contributed by atoms with E-state index in [9.17, 15) is 14.7 Å². The molecule has 1 saturated heterocycles. The Hall–Kier alpha value is -3.12. The zero-order chi connectivity index (χ0) is 22.5. The Morgan fingerprint density at radius 3 is 2.29 bits per heavy atom. The van der Waals surface area contributed by atoms with Gasteiger partial charge < -0.3 is 19.5 Å². The third kappa shape index (κ3) is 4.97. The summed E-state index contributed by atoms with van der Waals surface area (Å²) in [7, 11) is 1.54. The minimum absolute atomic E-state index is 0.0841. The van der Waals surface area contributed by atoms with Crippen molar-refractivity contribution in [3.8, 4) is 5.75 Å². The number of Topliss-reactive ketones (excluding diaryl/α,β-unsaturated/α-hetero) is 1. The molecule has 0 spiro atoms. The van der Waals surface area contributed by atoms with E-state index in [1.165, 1.54) is 4.90 Å². The summed E-state index contributed by atoms with van der Waals surface area (Å²) < 4.78 is 10.8. The number of ketones is 1. The van der Waals surface area contributed by atoms with Crippen molar-refractivity contribution in [3.63, 3.8) is 0 Å². The Labute approximate surface area is 183 Å².